The molecule has 3 rings (SSSR count). The molecule has 0 amide bonds. The van der Waals surface area contributed by atoms with Crippen LogP contribution < -0.4 is 5.73 Å². The fourth-order valence-corrected chi connectivity index (χ4v) is 2.37. The third-order valence-electron chi connectivity index (χ3n) is 3.57. The standard InChI is InChI=1S/C18H17N/c1-13-6-8-15(9-7-13)18(19)17-11-10-14-4-2-3-5-16(14)12-17/h2-12,18H,19H2,1H3. The van der Waals surface area contributed by atoms with Gasteiger partial charge in [-0.2, -0.15) is 0 Å². The van der Waals surface area contributed by atoms with Gasteiger partial charge in [0.2, 0.25) is 0 Å². The van der Waals surface area contributed by atoms with E-state index in [1.165, 1.54) is 16.3 Å². The zero-order chi connectivity index (χ0) is 13.2. The first kappa shape index (κ1) is 11.9. The Bertz CT molecular complexity index is 698. The van der Waals surface area contributed by atoms with E-state index in [1.54, 1.807) is 0 Å². The predicted octanol–water partition coefficient (Wildman–Crippen LogP) is 4.20. The predicted molar refractivity (Wildman–Crippen MR) is 81.2 cm³/mol. The van der Waals surface area contributed by atoms with Gasteiger partial charge in [0.05, 0.1) is 6.04 Å². The van der Waals surface area contributed by atoms with E-state index >= 15 is 0 Å². The lowest BCUT2D eigenvalue weighted by molar-refractivity contribution is 0.873. The Labute approximate surface area is 113 Å². The van der Waals surface area contributed by atoms with Crippen LogP contribution in [0, 0.1) is 6.92 Å². The summed E-state index contributed by atoms with van der Waals surface area (Å²) in [6.07, 6.45) is 0. The van der Waals surface area contributed by atoms with E-state index in [9.17, 15) is 0 Å². The van der Waals surface area contributed by atoms with Gasteiger partial charge < -0.3 is 5.73 Å². The molecule has 3 aromatic rings. The summed E-state index contributed by atoms with van der Waals surface area (Å²) < 4.78 is 0. The molecule has 0 bridgehead atoms. The first-order chi connectivity index (χ1) is 9.24. The number of fused-ring (bicyclic) bond motifs is 1. The average Bonchev–Trinajstić information content (AvgIpc) is 2.47. The van der Waals surface area contributed by atoms with Crippen molar-refractivity contribution in [3.8, 4) is 0 Å². The van der Waals surface area contributed by atoms with Crippen molar-refractivity contribution in [3.05, 3.63) is 83.4 Å². The maximum Gasteiger partial charge on any atom is 0.0551 e. The van der Waals surface area contributed by atoms with Gasteiger partial charge in [-0.1, -0.05) is 66.2 Å². The van der Waals surface area contributed by atoms with Crippen LogP contribution in [0.2, 0.25) is 0 Å². The molecule has 0 spiro atoms. The van der Waals surface area contributed by atoms with Gasteiger partial charge in [-0.15, -0.1) is 0 Å². The normalized spacial score (nSPS) is 12.5. The number of hydrogen-bond acceptors (Lipinski definition) is 1. The second kappa shape index (κ2) is 4.87. The first-order valence-electron chi connectivity index (χ1n) is 6.55. The summed E-state index contributed by atoms with van der Waals surface area (Å²) in [6.45, 7) is 2.09. The quantitative estimate of drug-likeness (QED) is 0.721. The minimum absolute atomic E-state index is 0.0646. The van der Waals surface area contributed by atoms with Crippen LogP contribution in [-0.2, 0) is 0 Å². The number of aryl methyl sites for hydroxylation is 1. The Balaban J connectivity index is 2.01. The molecule has 1 unspecified atom stereocenters. The van der Waals surface area contributed by atoms with Crippen molar-refractivity contribution in [2.75, 3.05) is 0 Å². The molecule has 3 aromatic carbocycles. The highest BCUT2D eigenvalue weighted by Crippen LogP contribution is 2.23. The second-order valence-corrected chi connectivity index (χ2v) is 4.99. The Morgan fingerprint density at radius 3 is 2.11 bits per heavy atom. The molecule has 0 saturated heterocycles. The molecule has 0 aromatic heterocycles. The van der Waals surface area contributed by atoms with Crippen LogP contribution in [-0.4, -0.2) is 0 Å². The van der Waals surface area contributed by atoms with E-state index in [4.69, 9.17) is 5.73 Å². The first-order valence-corrected chi connectivity index (χ1v) is 6.55. The van der Waals surface area contributed by atoms with E-state index in [2.05, 4.69) is 73.7 Å². The molecule has 0 aliphatic carbocycles. The molecular formula is C18H17N. The molecule has 1 atom stereocenters. The number of nitrogens with two attached hydrogens (primary N) is 1. The van der Waals surface area contributed by atoms with Crippen molar-refractivity contribution in [1.82, 2.24) is 0 Å². The van der Waals surface area contributed by atoms with Gasteiger partial charge in [-0.25, -0.2) is 0 Å². The van der Waals surface area contributed by atoms with Gasteiger partial charge in [0.25, 0.3) is 0 Å². The van der Waals surface area contributed by atoms with Gasteiger partial charge in [0.15, 0.2) is 0 Å². The molecule has 0 fully saturated rings. The Kier molecular flexibility index (Phi) is 3.06. The van der Waals surface area contributed by atoms with Crippen molar-refractivity contribution in [3.63, 3.8) is 0 Å². The van der Waals surface area contributed by atoms with Crippen molar-refractivity contribution in [2.45, 2.75) is 13.0 Å². The van der Waals surface area contributed by atoms with Crippen LogP contribution in [0.15, 0.2) is 66.7 Å². The van der Waals surface area contributed by atoms with E-state index in [-0.39, 0.29) is 6.04 Å². The fourth-order valence-electron chi connectivity index (χ4n) is 2.37. The third-order valence-corrected chi connectivity index (χ3v) is 3.57. The maximum atomic E-state index is 6.36. The smallest absolute Gasteiger partial charge is 0.0551 e. The molecule has 1 heteroatoms. The Morgan fingerprint density at radius 1 is 0.737 bits per heavy atom. The van der Waals surface area contributed by atoms with Gasteiger partial charge in [0, 0.05) is 0 Å². The molecule has 0 radical (unpaired) electrons. The highest BCUT2D eigenvalue weighted by molar-refractivity contribution is 5.83. The molecule has 2 N–H and O–H groups in total. The SMILES string of the molecule is Cc1ccc(C(N)c2ccc3ccccc3c2)cc1. The van der Waals surface area contributed by atoms with Crippen molar-refractivity contribution in [2.24, 2.45) is 5.73 Å². The van der Waals surface area contributed by atoms with Crippen LogP contribution in [0.3, 0.4) is 0 Å². The summed E-state index contributed by atoms with van der Waals surface area (Å²) in [5.74, 6) is 0. The molecular weight excluding hydrogens is 230 g/mol. The largest absolute Gasteiger partial charge is 0.320 e. The van der Waals surface area contributed by atoms with Crippen molar-refractivity contribution in [1.29, 1.82) is 0 Å². The zero-order valence-corrected chi connectivity index (χ0v) is 11.0. The lowest BCUT2D eigenvalue weighted by Gasteiger charge is -2.13. The van der Waals surface area contributed by atoms with Crippen LogP contribution in [0.5, 0.6) is 0 Å². The summed E-state index contributed by atoms with van der Waals surface area (Å²) in [6, 6.07) is 23.2. The second-order valence-electron chi connectivity index (χ2n) is 4.99. The fraction of sp³-hybridized carbons (Fsp3) is 0.111. The minimum atomic E-state index is -0.0646. The van der Waals surface area contributed by atoms with Crippen LogP contribution in [0.4, 0.5) is 0 Å². The highest BCUT2D eigenvalue weighted by atomic mass is 14.6. The van der Waals surface area contributed by atoms with Gasteiger partial charge in [0.1, 0.15) is 0 Å². The number of rotatable bonds is 2. The molecule has 0 saturated carbocycles. The lowest BCUT2D eigenvalue weighted by atomic mass is 9.96. The molecule has 1 nitrogen and oxygen atoms in total. The highest BCUT2D eigenvalue weighted by Gasteiger charge is 2.08. The average molecular weight is 247 g/mol. The summed E-state index contributed by atoms with van der Waals surface area (Å²) >= 11 is 0. The number of benzene rings is 3. The van der Waals surface area contributed by atoms with Gasteiger partial charge in [-0.3, -0.25) is 0 Å². The van der Waals surface area contributed by atoms with E-state index in [0.29, 0.717) is 0 Å². The molecule has 19 heavy (non-hydrogen) atoms. The molecule has 0 aliphatic rings. The van der Waals surface area contributed by atoms with Gasteiger partial charge in [-0.05, 0) is 34.9 Å². The Hall–Kier alpha value is -2.12. The summed E-state index contributed by atoms with van der Waals surface area (Å²) in [7, 11) is 0. The number of hydrogen-bond donors (Lipinski definition) is 1. The van der Waals surface area contributed by atoms with Crippen LogP contribution in [0.25, 0.3) is 10.8 Å². The molecule has 94 valence electrons. The van der Waals surface area contributed by atoms with Gasteiger partial charge >= 0.3 is 0 Å². The Morgan fingerprint density at radius 2 is 1.37 bits per heavy atom. The van der Waals surface area contributed by atoms with Crippen molar-refractivity contribution < 1.29 is 0 Å². The van der Waals surface area contributed by atoms with Crippen LogP contribution in [0.1, 0.15) is 22.7 Å². The van der Waals surface area contributed by atoms with Crippen molar-refractivity contribution >= 4 is 10.8 Å². The maximum absolute atomic E-state index is 6.36. The summed E-state index contributed by atoms with van der Waals surface area (Å²) in [5, 5.41) is 2.49. The van der Waals surface area contributed by atoms with E-state index < -0.39 is 0 Å². The zero-order valence-electron chi connectivity index (χ0n) is 11.0. The summed E-state index contributed by atoms with van der Waals surface area (Å²) in [5.41, 5.74) is 9.92. The molecule has 0 aliphatic heterocycles. The van der Waals surface area contributed by atoms with Crippen LogP contribution >= 0.6 is 0 Å². The summed E-state index contributed by atoms with van der Waals surface area (Å²) in [4.78, 5) is 0. The minimum Gasteiger partial charge on any atom is -0.320 e. The molecule has 0 heterocycles. The van der Waals surface area contributed by atoms with E-state index in [0.717, 1.165) is 11.1 Å². The van der Waals surface area contributed by atoms with E-state index in [1.807, 2.05) is 0 Å². The lowest BCUT2D eigenvalue weighted by Crippen LogP contribution is -2.11. The monoisotopic (exact) mass is 247 g/mol. The third kappa shape index (κ3) is 2.38. The topological polar surface area (TPSA) is 26.0 Å².